The normalized spacial score (nSPS) is 11.2. The summed E-state index contributed by atoms with van der Waals surface area (Å²) in [5, 5.41) is 16.2. The molecule has 0 saturated heterocycles. The van der Waals surface area contributed by atoms with Gasteiger partial charge in [0.15, 0.2) is 0 Å². The van der Waals surface area contributed by atoms with Crippen molar-refractivity contribution < 1.29 is 9.94 Å². The van der Waals surface area contributed by atoms with Crippen LogP contribution in [0.25, 0.3) is 0 Å². The van der Waals surface area contributed by atoms with Gasteiger partial charge in [-0.2, -0.15) is 5.10 Å². The van der Waals surface area contributed by atoms with Crippen molar-refractivity contribution in [3.63, 3.8) is 0 Å². The van der Waals surface area contributed by atoms with Gasteiger partial charge < -0.3 is 9.94 Å². The van der Waals surface area contributed by atoms with Crippen LogP contribution in [0.4, 0.5) is 0 Å². The van der Waals surface area contributed by atoms with E-state index in [9.17, 15) is 0 Å². The Kier molecular flexibility index (Phi) is 4.44. The molecule has 5 nitrogen and oxygen atoms in total. The molecule has 0 radical (unpaired) electrons. The highest BCUT2D eigenvalue weighted by Gasteiger charge is 2.11. The standard InChI is InChI=1S/C14H16BrN3O2/c1-9-14(15)10(2)18(17-9)8-12-6-11(7-16-19)4-5-13(12)20-3/h4-7,19H,8H2,1-3H3/b16-7-. The van der Waals surface area contributed by atoms with Gasteiger partial charge in [-0.05, 0) is 53.5 Å². The third-order valence-electron chi connectivity index (χ3n) is 3.12. The number of aryl methyl sites for hydroxylation is 1. The number of aromatic nitrogens is 2. The van der Waals surface area contributed by atoms with Crippen molar-refractivity contribution in [3.05, 3.63) is 45.2 Å². The first-order chi connectivity index (χ1) is 9.56. The van der Waals surface area contributed by atoms with E-state index in [0.29, 0.717) is 6.54 Å². The van der Waals surface area contributed by atoms with E-state index in [1.54, 1.807) is 7.11 Å². The van der Waals surface area contributed by atoms with Crippen molar-refractivity contribution >= 4 is 22.1 Å². The fourth-order valence-electron chi connectivity index (χ4n) is 2.06. The van der Waals surface area contributed by atoms with Crippen LogP contribution in [-0.4, -0.2) is 28.3 Å². The van der Waals surface area contributed by atoms with Crippen LogP contribution in [-0.2, 0) is 6.54 Å². The van der Waals surface area contributed by atoms with Crippen LogP contribution in [0.1, 0.15) is 22.5 Å². The fraction of sp³-hybridized carbons (Fsp3) is 0.286. The smallest absolute Gasteiger partial charge is 0.123 e. The minimum Gasteiger partial charge on any atom is -0.496 e. The van der Waals surface area contributed by atoms with Crippen LogP contribution in [0.2, 0.25) is 0 Å². The largest absolute Gasteiger partial charge is 0.496 e. The van der Waals surface area contributed by atoms with Crippen molar-refractivity contribution in [3.8, 4) is 5.75 Å². The van der Waals surface area contributed by atoms with Crippen molar-refractivity contribution in [2.24, 2.45) is 5.16 Å². The van der Waals surface area contributed by atoms with Gasteiger partial charge in [0.2, 0.25) is 0 Å². The Labute approximate surface area is 126 Å². The maximum atomic E-state index is 8.63. The molecule has 0 spiro atoms. The van der Waals surface area contributed by atoms with E-state index in [4.69, 9.17) is 9.94 Å². The van der Waals surface area contributed by atoms with Gasteiger partial charge in [0.25, 0.3) is 0 Å². The van der Waals surface area contributed by atoms with Gasteiger partial charge in [-0.15, -0.1) is 0 Å². The van der Waals surface area contributed by atoms with Gasteiger partial charge in [0.05, 0.1) is 35.7 Å². The molecule has 1 aromatic carbocycles. The Hall–Kier alpha value is -1.82. The molecule has 0 saturated carbocycles. The van der Waals surface area contributed by atoms with E-state index in [1.807, 2.05) is 36.7 Å². The van der Waals surface area contributed by atoms with Crippen LogP contribution in [0.3, 0.4) is 0 Å². The maximum absolute atomic E-state index is 8.63. The Bertz CT molecular complexity index is 650. The number of benzene rings is 1. The molecule has 1 heterocycles. The molecule has 0 aliphatic rings. The van der Waals surface area contributed by atoms with Crippen LogP contribution in [0.15, 0.2) is 27.8 Å². The van der Waals surface area contributed by atoms with E-state index in [0.717, 1.165) is 32.7 Å². The first kappa shape index (κ1) is 14.6. The number of nitrogens with zero attached hydrogens (tertiary/aromatic N) is 3. The first-order valence-electron chi connectivity index (χ1n) is 6.10. The van der Waals surface area contributed by atoms with Crippen molar-refractivity contribution in [1.29, 1.82) is 0 Å². The lowest BCUT2D eigenvalue weighted by Crippen LogP contribution is -2.06. The van der Waals surface area contributed by atoms with Gasteiger partial charge in [-0.3, -0.25) is 4.68 Å². The zero-order chi connectivity index (χ0) is 14.7. The molecule has 0 aliphatic heterocycles. The average molecular weight is 338 g/mol. The molecule has 2 rings (SSSR count). The van der Waals surface area contributed by atoms with E-state index in [-0.39, 0.29) is 0 Å². The van der Waals surface area contributed by atoms with Crippen molar-refractivity contribution in [2.45, 2.75) is 20.4 Å². The highest BCUT2D eigenvalue weighted by molar-refractivity contribution is 9.10. The van der Waals surface area contributed by atoms with E-state index < -0.39 is 0 Å². The summed E-state index contributed by atoms with van der Waals surface area (Å²) in [5.41, 5.74) is 3.80. The van der Waals surface area contributed by atoms with Crippen molar-refractivity contribution in [1.82, 2.24) is 9.78 Å². The fourth-order valence-corrected chi connectivity index (χ4v) is 2.34. The van der Waals surface area contributed by atoms with Crippen LogP contribution in [0.5, 0.6) is 5.75 Å². The number of hydrogen-bond acceptors (Lipinski definition) is 4. The molecule has 20 heavy (non-hydrogen) atoms. The van der Waals surface area contributed by atoms with Gasteiger partial charge >= 0.3 is 0 Å². The molecule has 1 N–H and O–H groups in total. The van der Waals surface area contributed by atoms with Gasteiger partial charge in [-0.25, -0.2) is 0 Å². The Morgan fingerprint density at radius 2 is 2.20 bits per heavy atom. The molecule has 106 valence electrons. The highest BCUT2D eigenvalue weighted by atomic mass is 79.9. The number of hydrogen-bond donors (Lipinski definition) is 1. The van der Waals surface area contributed by atoms with Gasteiger partial charge in [-0.1, -0.05) is 5.16 Å². The first-order valence-corrected chi connectivity index (χ1v) is 6.90. The summed E-state index contributed by atoms with van der Waals surface area (Å²) in [7, 11) is 1.63. The second-order valence-corrected chi connectivity index (χ2v) is 5.25. The predicted molar refractivity (Wildman–Crippen MR) is 80.9 cm³/mol. The molecule has 0 fully saturated rings. The summed E-state index contributed by atoms with van der Waals surface area (Å²) in [4.78, 5) is 0. The summed E-state index contributed by atoms with van der Waals surface area (Å²) in [6.07, 6.45) is 1.39. The lowest BCUT2D eigenvalue weighted by Gasteiger charge is -2.10. The van der Waals surface area contributed by atoms with Crippen LogP contribution in [0, 0.1) is 13.8 Å². The number of ether oxygens (including phenoxy) is 1. The average Bonchev–Trinajstić information content (AvgIpc) is 2.67. The second kappa shape index (κ2) is 6.09. The molecule has 2 aromatic rings. The third kappa shape index (κ3) is 2.85. The molecule has 1 aromatic heterocycles. The molecular formula is C14H16BrN3O2. The lowest BCUT2D eigenvalue weighted by atomic mass is 10.1. The molecule has 0 unspecified atom stereocenters. The number of methoxy groups -OCH3 is 1. The molecular weight excluding hydrogens is 322 g/mol. The number of rotatable bonds is 4. The summed E-state index contributed by atoms with van der Waals surface area (Å²) >= 11 is 3.52. The molecule has 0 aliphatic carbocycles. The Morgan fingerprint density at radius 1 is 1.45 bits per heavy atom. The molecule has 0 atom stereocenters. The quantitative estimate of drug-likeness (QED) is 0.529. The van der Waals surface area contributed by atoms with Gasteiger partial charge in [0.1, 0.15) is 5.75 Å². The number of oxime groups is 1. The SMILES string of the molecule is COc1ccc(/C=N\O)cc1Cn1nc(C)c(Br)c1C. The van der Waals surface area contributed by atoms with Crippen LogP contribution < -0.4 is 4.74 Å². The minimum atomic E-state index is 0.592. The monoisotopic (exact) mass is 337 g/mol. The zero-order valence-corrected chi connectivity index (χ0v) is 13.2. The summed E-state index contributed by atoms with van der Waals surface area (Å²) in [6.45, 7) is 4.56. The highest BCUT2D eigenvalue weighted by Crippen LogP contribution is 2.24. The van der Waals surface area contributed by atoms with Crippen molar-refractivity contribution in [2.75, 3.05) is 7.11 Å². The van der Waals surface area contributed by atoms with Gasteiger partial charge in [0, 0.05) is 5.56 Å². The topological polar surface area (TPSA) is 59.6 Å². The predicted octanol–water partition coefficient (Wildman–Crippen LogP) is 3.13. The second-order valence-electron chi connectivity index (χ2n) is 4.46. The third-order valence-corrected chi connectivity index (χ3v) is 4.27. The Balaban J connectivity index is 2.40. The molecule has 0 bridgehead atoms. The Morgan fingerprint density at radius 3 is 2.75 bits per heavy atom. The molecule has 6 heteroatoms. The van der Waals surface area contributed by atoms with E-state index >= 15 is 0 Å². The summed E-state index contributed by atoms with van der Waals surface area (Å²) in [6, 6.07) is 5.61. The summed E-state index contributed by atoms with van der Waals surface area (Å²) < 4.78 is 8.30. The van der Waals surface area contributed by atoms with E-state index in [2.05, 4.69) is 26.2 Å². The summed E-state index contributed by atoms with van der Waals surface area (Å²) in [5.74, 6) is 0.781. The molecule has 0 amide bonds. The lowest BCUT2D eigenvalue weighted by molar-refractivity contribution is 0.322. The minimum absolute atomic E-state index is 0.592. The zero-order valence-electron chi connectivity index (χ0n) is 11.6. The van der Waals surface area contributed by atoms with E-state index in [1.165, 1.54) is 6.21 Å². The van der Waals surface area contributed by atoms with Crippen LogP contribution >= 0.6 is 15.9 Å². The maximum Gasteiger partial charge on any atom is 0.123 e. The number of halogens is 1.